The van der Waals surface area contributed by atoms with Crippen molar-refractivity contribution in [1.29, 1.82) is 0 Å². The van der Waals surface area contributed by atoms with Crippen LogP contribution >= 0.6 is 43.2 Å². The van der Waals surface area contributed by atoms with Crippen molar-refractivity contribution in [3.8, 4) is 0 Å². The lowest BCUT2D eigenvalue weighted by molar-refractivity contribution is -0.145. The molecule has 0 bridgehead atoms. The Morgan fingerprint density at radius 3 is 1.58 bits per heavy atom. The fourth-order valence-corrected chi connectivity index (χ4v) is 4.26. The number of nitrogens with zero attached hydrogens (tertiary/aromatic N) is 2. The number of aromatic nitrogens is 2. The summed E-state index contributed by atoms with van der Waals surface area (Å²) in [5.74, 6) is -3.68. The topological polar surface area (TPSA) is 172 Å². The average Bonchev–Trinajstić information content (AvgIpc) is 3.15. The standard InChI is InChI=1S/C11H23N2O5P.C4H8N3OP.CH3Cl2OP/c1-6-17-10(14)8(3)12-19(5,16)13-9(4)11(15)18-7-2;1-9(5,8)7-3-2-6-4-7;1-5(2,3)4/h8-9H,6-7H2,1-5H3,(H2,12,13,16);2-4H,1H3,(H2,5,8);1H3. The van der Waals surface area contributed by atoms with Gasteiger partial charge in [0.05, 0.1) is 13.2 Å². The van der Waals surface area contributed by atoms with E-state index < -0.39 is 44.8 Å². The normalized spacial score (nSPS) is 16.3. The third kappa shape index (κ3) is 20.4. The second-order valence-corrected chi connectivity index (χ2v) is 17.3. The van der Waals surface area contributed by atoms with Gasteiger partial charge < -0.3 is 9.47 Å². The van der Waals surface area contributed by atoms with Crippen molar-refractivity contribution in [1.82, 2.24) is 19.5 Å². The molecule has 0 aliphatic heterocycles. The van der Waals surface area contributed by atoms with Gasteiger partial charge in [0.15, 0.2) is 0 Å². The fourth-order valence-electron chi connectivity index (χ4n) is 1.90. The first-order valence-electron chi connectivity index (χ1n) is 9.62. The number of halogens is 2. The first-order chi connectivity index (χ1) is 14.8. The van der Waals surface area contributed by atoms with Crippen LogP contribution < -0.4 is 15.7 Å². The molecule has 1 aromatic rings. The minimum absolute atomic E-state index is 0.255. The van der Waals surface area contributed by atoms with Crippen molar-refractivity contribution < 1.29 is 32.8 Å². The SMILES string of the molecule is CCOC(=O)C(C)NP(C)(=O)NC(C)C(=O)OCC.CP(=O)(Cl)Cl.CP(N)(=O)n1ccnc1. The zero-order valence-corrected chi connectivity index (χ0v) is 23.9. The van der Waals surface area contributed by atoms with Crippen molar-refractivity contribution in [2.45, 2.75) is 39.8 Å². The predicted octanol–water partition coefficient (Wildman–Crippen LogP) is 3.69. The number of hydrogen-bond acceptors (Lipinski definition) is 8. The largest absolute Gasteiger partial charge is 0.465 e. The van der Waals surface area contributed by atoms with Gasteiger partial charge in [-0.2, -0.15) is 0 Å². The van der Waals surface area contributed by atoms with Crippen LogP contribution in [0.4, 0.5) is 0 Å². The number of carbonyl (C=O) groups is 2. The highest BCUT2D eigenvalue weighted by atomic mass is 35.9. The molecule has 0 saturated carbocycles. The molecule has 1 aromatic heterocycles. The van der Waals surface area contributed by atoms with Crippen LogP contribution in [-0.4, -0.2) is 66.6 Å². The van der Waals surface area contributed by atoms with Gasteiger partial charge in [0.25, 0.3) is 0 Å². The van der Waals surface area contributed by atoms with Crippen LogP contribution in [0.25, 0.3) is 0 Å². The number of carbonyl (C=O) groups excluding carboxylic acids is 2. The summed E-state index contributed by atoms with van der Waals surface area (Å²) in [4.78, 5) is 26.5. The van der Waals surface area contributed by atoms with Crippen LogP contribution in [-0.2, 0) is 32.8 Å². The number of nitrogens with one attached hydrogen (secondary N) is 2. The molecule has 4 N–H and O–H groups in total. The van der Waals surface area contributed by atoms with E-state index in [2.05, 4.69) is 15.2 Å². The number of imidazole rings is 1. The van der Waals surface area contributed by atoms with Crippen LogP contribution in [0.3, 0.4) is 0 Å². The summed E-state index contributed by atoms with van der Waals surface area (Å²) in [6.07, 6.45) is 4.57. The third-order valence-corrected chi connectivity index (χ3v) is 6.02. The molecule has 0 spiro atoms. The summed E-state index contributed by atoms with van der Waals surface area (Å²) in [5.41, 5.74) is 5.28. The maximum atomic E-state index is 12.2. The van der Waals surface area contributed by atoms with E-state index in [4.69, 9.17) is 37.5 Å². The molecule has 1 rings (SSSR count). The summed E-state index contributed by atoms with van der Waals surface area (Å²) < 4.78 is 43.9. The molecule has 12 nitrogen and oxygen atoms in total. The summed E-state index contributed by atoms with van der Waals surface area (Å²) in [6, 6.07) is -1.45. The van der Waals surface area contributed by atoms with E-state index in [0.717, 1.165) is 0 Å². The Labute approximate surface area is 204 Å². The average molecular weight is 572 g/mol. The van der Waals surface area contributed by atoms with Crippen molar-refractivity contribution in [3.05, 3.63) is 18.7 Å². The van der Waals surface area contributed by atoms with Gasteiger partial charge in [-0.3, -0.25) is 33.1 Å². The molecule has 0 aliphatic rings. The number of esters is 2. The van der Waals surface area contributed by atoms with E-state index in [1.165, 1.54) is 30.7 Å². The number of hydrogen-bond donors (Lipinski definition) is 3. The predicted molar refractivity (Wildman–Crippen MR) is 133 cm³/mol. The van der Waals surface area contributed by atoms with Gasteiger partial charge in [0.1, 0.15) is 18.4 Å². The zero-order chi connectivity index (χ0) is 26.5. The van der Waals surface area contributed by atoms with Crippen molar-refractivity contribution in [3.63, 3.8) is 0 Å². The van der Waals surface area contributed by atoms with E-state index in [1.807, 2.05) is 0 Å². The molecule has 0 amide bonds. The Kier molecular flexibility index (Phi) is 16.8. The molecule has 33 heavy (non-hydrogen) atoms. The van der Waals surface area contributed by atoms with Crippen molar-refractivity contribution >= 4 is 55.2 Å². The van der Waals surface area contributed by atoms with Crippen LogP contribution in [0.1, 0.15) is 27.7 Å². The van der Waals surface area contributed by atoms with Crippen molar-refractivity contribution in [2.24, 2.45) is 5.50 Å². The highest BCUT2D eigenvalue weighted by Crippen LogP contribution is 2.52. The Bertz CT molecular complexity index is 822. The lowest BCUT2D eigenvalue weighted by atomic mass is 10.4. The Hall–Kier alpha value is -0.700. The molecular weight excluding hydrogens is 538 g/mol. The van der Waals surface area contributed by atoms with Crippen LogP contribution in [0.2, 0.25) is 0 Å². The Morgan fingerprint density at radius 1 is 1.00 bits per heavy atom. The minimum atomic E-state index is -3.06. The van der Waals surface area contributed by atoms with Gasteiger partial charge in [-0.05, 0) is 50.2 Å². The molecule has 3 atom stereocenters. The molecule has 194 valence electrons. The van der Waals surface area contributed by atoms with Gasteiger partial charge in [-0.1, -0.05) is 0 Å². The highest BCUT2D eigenvalue weighted by molar-refractivity contribution is 8.08. The lowest BCUT2D eigenvalue weighted by Gasteiger charge is -2.23. The van der Waals surface area contributed by atoms with Crippen LogP contribution in [0.5, 0.6) is 0 Å². The third-order valence-electron chi connectivity index (χ3n) is 3.11. The van der Waals surface area contributed by atoms with Gasteiger partial charge in [0, 0.05) is 32.4 Å². The van der Waals surface area contributed by atoms with Gasteiger partial charge in [-0.15, -0.1) is 0 Å². The summed E-state index contributed by atoms with van der Waals surface area (Å²) in [5, 5.41) is 5.26. The second kappa shape index (κ2) is 16.1. The van der Waals surface area contributed by atoms with E-state index in [9.17, 15) is 23.3 Å². The molecule has 0 aliphatic carbocycles. The van der Waals surface area contributed by atoms with E-state index in [1.54, 1.807) is 40.1 Å². The van der Waals surface area contributed by atoms with Crippen LogP contribution in [0.15, 0.2) is 18.7 Å². The maximum absolute atomic E-state index is 12.2. The highest BCUT2D eigenvalue weighted by Gasteiger charge is 2.27. The lowest BCUT2D eigenvalue weighted by Crippen LogP contribution is -2.41. The quantitative estimate of drug-likeness (QED) is 0.291. The van der Waals surface area contributed by atoms with E-state index in [-0.39, 0.29) is 13.2 Å². The van der Waals surface area contributed by atoms with Gasteiger partial charge >= 0.3 is 11.9 Å². The molecule has 3 unspecified atom stereocenters. The van der Waals surface area contributed by atoms with Gasteiger partial charge in [0.2, 0.25) is 20.7 Å². The number of rotatable bonds is 9. The summed E-state index contributed by atoms with van der Waals surface area (Å²) >= 11 is 9.70. The summed E-state index contributed by atoms with van der Waals surface area (Å²) in [7, 11) is -5.68. The minimum Gasteiger partial charge on any atom is -0.465 e. The Balaban J connectivity index is 0. The zero-order valence-electron chi connectivity index (χ0n) is 19.7. The number of nitrogens with two attached hydrogens (primary N) is 1. The first-order valence-corrected chi connectivity index (χ1v) is 17.9. The molecule has 0 fully saturated rings. The molecule has 17 heteroatoms. The molecule has 0 saturated heterocycles. The molecular formula is C16H34Cl2N5O7P3. The summed E-state index contributed by atoms with van der Waals surface area (Å²) in [6.45, 7) is 11.1. The van der Waals surface area contributed by atoms with E-state index in [0.29, 0.717) is 0 Å². The van der Waals surface area contributed by atoms with Gasteiger partial charge in [-0.25, -0.2) is 15.2 Å². The molecule has 0 radical (unpaired) electrons. The smallest absolute Gasteiger partial charge is 0.323 e. The first kappa shape index (κ1) is 34.5. The Morgan fingerprint density at radius 2 is 1.36 bits per heavy atom. The van der Waals surface area contributed by atoms with E-state index >= 15 is 0 Å². The second-order valence-electron chi connectivity index (χ2n) is 6.74. The monoisotopic (exact) mass is 571 g/mol. The molecule has 1 heterocycles. The maximum Gasteiger partial charge on any atom is 0.323 e. The van der Waals surface area contributed by atoms with Crippen molar-refractivity contribution in [2.75, 3.05) is 33.2 Å². The molecule has 0 aromatic carbocycles. The fraction of sp³-hybridized carbons (Fsp3) is 0.688. The van der Waals surface area contributed by atoms with Crippen LogP contribution in [0, 0.1) is 0 Å². The number of ether oxygens (including phenoxy) is 2.